The highest BCUT2D eigenvalue weighted by Crippen LogP contribution is 2.17. The van der Waals surface area contributed by atoms with Crippen molar-refractivity contribution < 1.29 is 0 Å². The van der Waals surface area contributed by atoms with Gasteiger partial charge in [-0.3, -0.25) is 0 Å². The zero-order chi connectivity index (χ0) is 9.68. The van der Waals surface area contributed by atoms with Crippen LogP contribution in [0.2, 0.25) is 0 Å². The van der Waals surface area contributed by atoms with E-state index in [0.29, 0.717) is 0 Å². The first-order valence-corrected chi connectivity index (χ1v) is 5.47. The van der Waals surface area contributed by atoms with Crippen molar-refractivity contribution in [2.45, 2.75) is 25.8 Å². The maximum atomic E-state index is 4.32. The normalized spacial score (nSPS) is 10.1. The second-order valence-electron chi connectivity index (χ2n) is 2.60. The predicted molar refractivity (Wildman–Crippen MR) is 57.3 cm³/mol. The van der Waals surface area contributed by atoms with Crippen LogP contribution in [0.5, 0.6) is 0 Å². The van der Waals surface area contributed by atoms with Gasteiger partial charge in [0.2, 0.25) is 0 Å². The Morgan fingerprint density at radius 1 is 1.38 bits per heavy atom. The molecule has 3 nitrogen and oxygen atoms in total. The second-order valence-corrected chi connectivity index (χ2v) is 3.89. The molecule has 0 amide bonds. The molecule has 1 aromatic heterocycles. The largest absolute Gasteiger partial charge is 0.370 e. The van der Waals surface area contributed by atoms with Crippen LogP contribution in [0.1, 0.15) is 19.7 Å². The zero-order valence-corrected chi connectivity index (χ0v) is 9.11. The minimum Gasteiger partial charge on any atom is -0.370 e. The summed E-state index contributed by atoms with van der Waals surface area (Å²) in [6, 6.07) is 1.99. The van der Waals surface area contributed by atoms with Crippen LogP contribution in [-0.4, -0.2) is 22.3 Å². The summed E-state index contributed by atoms with van der Waals surface area (Å²) in [6.45, 7) is 6.99. The van der Waals surface area contributed by atoms with Gasteiger partial charge in [0.25, 0.3) is 0 Å². The van der Waals surface area contributed by atoms with Crippen LogP contribution in [0.3, 0.4) is 0 Å². The lowest BCUT2D eigenvalue weighted by Crippen LogP contribution is -2.02. The summed E-state index contributed by atoms with van der Waals surface area (Å²) in [7, 11) is 0. The number of aryl methyl sites for hydroxylation is 1. The summed E-state index contributed by atoms with van der Waals surface area (Å²) < 4.78 is 0. The van der Waals surface area contributed by atoms with E-state index in [1.54, 1.807) is 11.8 Å². The molecule has 0 aliphatic carbocycles. The number of nitrogens with zero attached hydrogens (tertiary/aromatic N) is 2. The molecular formula is C9H15N3S. The number of hydrogen-bond donors (Lipinski definition) is 1. The van der Waals surface area contributed by atoms with Gasteiger partial charge in [-0.2, -0.15) is 0 Å². The maximum Gasteiger partial charge on any atom is 0.130 e. The Hall–Kier alpha value is -0.770. The van der Waals surface area contributed by atoms with E-state index in [-0.39, 0.29) is 0 Å². The first kappa shape index (κ1) is 10.3. The van der Waals surface area contributed by atoms with E-state index in [0.717, 1.165) is 29.0 Å². The number of rotatable bonds is 4. The fourth-order valence-corrected chi connectivity index (χ4v) is 1.72. The standard InChI is InChI=1S/C9H15N3S/c1-4-10-8-6-9(13-5-2)12-7(3)11-8/h6H,4-5H2,1-3H3,(H,10,11,12). The molecule has 1 heterocycles. The molecular weight excluding hydrogens is 182 g/mol. The van der Waals surface area contributed by atoms with Crippen molar-refractivity contribution in [2.24, 2.45) is 0 Å². The van der Waals surface area contributed by atoms with Crippen molar-refractivity contribution in [1.29, 1.82) is 0 Å². The van der Waals surface area contributed by atoms with Gasteiger partial charge in [0.1, 0.15) is 16.7 Å². The van der Waals surface area contributed by atoms with Gasteiger partial charge in [-0.05, 0) is 19.6 Å². The number of hydrogen-bond acceptors (Lipinski definition) is 4. The first-order chi connectivity index (χ1) is 6.26. The van der Waals surface area contributed by atoms with Gasteiger partial charge in [-0.15, -0.1) is 11.8 Å². The van der Waals surface area contributed by atoms with Crippen LogP contribution in [-0.2, 0) is 0 Å². The van der Waals surface area contributed by atoms with Crippen LogP contribution < -0.4 is 5.32 Å². The van der Waals surface area contributed by atoms with Gasteiger partial charge in [0, 0.05) is 12.6 Å². The van der Waals surface area contributed by atoms with Crippen LogP contribution in [0.4, 0.5) is 5.82 Å². The highest BCUT2D eigenvalue weighted by Gasteiger charge is 1.99. The van der Waals surface area contributed by atoms with Crippen LogP contribution >= 0.6 is 11.8 Å². The van der Waals surface area contributed by atoms with Crippen molar-refractivity contribution in [3.63, 3.8) is 0 Å². The Morgan fingerprint density at radius 3 is 2.77 bits per heavy atom. The third kappa shape index (κ3) is 3.22. The molecule has 1 aromatic rings. The van der Waals surface area contributed by atoms with E-state index >= 15 is 0 Å². The Morgan fingerprint density at radius 2 is 2.15 bits per heavy atom. The minimum absolute atomic E-state index is 0.828. The fraction of sp³-hybridized carbons (Fsp3) is 0.556. The SMILES string of the molecule is CCNc1cc(SCC)nc(C)n1. The highest BCUT2D eigenvalue weighted by atomic mass is 32.2. The topological polar surface area (TPSA) is 37.8 Å². The highest BCUT2D eigenvalue weighted by molar-refractivity contribution is 7.99. The predicted octanol–water partition coefficient (Wildman–Crippen LogP) is 2.33. The molecule has 0 bridgehead atoms. The summed E-state index contributed by atoms with van der Waals surface area (Å²) in [4.78, 5) is 8.59. The van der Waals surface area contributed by atoms with E-state index in [1.165, 1.54) is 0 Å². The van der Waals surface area contributed by atoms with Crippen molar-refractivity contribution in [3.05, 3.63) is 11.9 Å². The number of anilines is 1. The Labute approximate surface area is 83.4 Å². The molecule has 0 spiro atoms. The molecule has 0 radical (unpaired) electrons. The molecule has 1 N–H and O–H groups in total. The van der Waals surface area contributed by atoms with Gasteiger partial charge in [0.15, 0.2) is 0 Å². The molecule has 72 valence electrons. The third-order valence-electron chi connectivity index (χ3n) is 1.46. The summed E-state index contributed by atoms with van der Waals surface area (Å²) in [5.74, 6) is 2.79. The van der Waals surface area contributed by atoms with Crippen molar-refractivity contribution >= 4 is 17.6 Å². The van der Waals surface area contributed by atoms with E-state index in [4.69, 9.17) is 0 Å². The van der Waals surface area contributed by atoms with Gasteiger partial charge in [-0.1, -0.05) is 6.92 Å². The zero-order valence-electron chi connectivity index (χ0n) is 8.29. The Balaban J connectivity index is 2.83. The van der Waals surface area contributed by atoms with Crippen LogP contribution in [0.25, 0.3) is 0 Å². The van der Waals surface area contributed by atoms with E-state index in [9.17, 15) is 0 Å². The van der Waals surface area contributed by atoms with E-state index in [2.05, 4.69) is 29.1 Å². The molecule has 0 atom stereocenters. The molecule has 0 aliphatic heterocycles. The lowest BCUT2D eigenvalue weighted by Gasteiger charge is -2.05. The van der Waals surface area contributed by atoms with E-state index < -0.39 is 0 Å². The summed E-state index contributed by atoms with van der Waals surface area (Å²) >= 11 is 1.74. The fourth-order valence-electron chi connectivity index (χ4n) is 1.03. The van der Waals surface area contributed by atoms with Crippen LogP contribution in [0.15, 0.2) is 11.1 Å². The average Bonchev–Trinajstić information content (AvgIpc) is 2.04. The smallest absolute Gasteiger partial charge is 0.130 e. The molecule has 0 fully saturated rings. The summed E-state index contributed by atoms with van der Waals surface area (Å²) in [5, 5.41) is 4.23. The quantitative estimate of drug-likeness (QED) is 0.594. The molecule has 0 aliphatic rings. The van der Waals surface area contributed by atoms with Gasteiger partial charge < -0.3 is 5.32 Å². The average molecular weight is 197 g/mol. The number of aromatic nitrogens is 2. The number of thioether (sulfide) groups is 1. The number of nitrogens with one attached hydrogen (secondary N) is 1. The van der Waals surface area contributed by atoms with Crippen LogP contribution in [0, 0.1) is 6.92 Å². The molecule has 0 unspecified atom stereocenters. The molecule has 0 aromatic carbocycles. The van der Waals surface area contributed by atoms with Crippen molar-refractivity contribution in [1.82, 2.24) is 9.97 Å². The van der Waals surface area contributed by atoms with Gasteiger partial charge in [-0.25, -0.2) is 9.97 Å². The molecule has 4 heteroatoms. The maximum absolute atomic E-state index is 4.32. The summed E-state index contributed by atoms with van der Waals surface area (Å²) in [6.07, 6.45) is 0. The lowest BCUT2D eigenvalue weighted by atomic mass is 10.5. The van der Waals surface area contributed by atoms with Gasteiger partial charge >= 0.3 is 0 Å². The second kappa shape index (κ2) is 5.07. The Bertz CT molecular complexity index is 251. The summed E-state index contributed by atoms with van der Waals surface area (Å²) in [5.41, 5.74) is 0. The Kier molecular flexibility index (Phi) is 4.02. The third-order valence-corrected chi connectivity index (χ3v) is 2.26. The lowest BCUT2D eigenvalue weighted by molar-refractivity contribution is 0.961. The van der Waals surface area contributed by atoms with Crippen molar-refractivity contribution in [2.75, 3.05) is 17.6 Å². The molecule has 13 heavy (non-hydrogen) atoms. The van der Waals surface area contributed by atoms with E-state index in [1.807, 2.05) is 13.0 Å². The minimum atomic E-state index is 0.828. The van der Waals surface area contributed by atoms with Gasteiger partial charge in [0.05, 0.1) is 0 Å². The first-order valence-electron chi connectivity index (χ1n) is 4.48. The molecule has 1 rings (SSSR count). The molecule has 0 saturated heterocycles. The van der Waals surface area contributed by atoms with Crippen molar-refractivity contribution in [3.8, 4) is 0 Å². The molecule has 0 saturated carbocycles. The monoisotopic (exact) mass is 197 g/mol.